The van der Waals surface area contributed by atoms with E-state index in [1.165, 1.54) is 0 Å². The summed E-state index contributed by atoms with van der Waals surface area (Å²) >= 11 is 0. The van der Waals surface area contributed by atoms with Crippen molar-refractivity contribution in [2.75, 3.05) is 0 Å². The maximum absolute atomic E-state index is 10.4. The molecule has 0 aliphatic carbocycles. The van der Waals surface area contributed by atoms with Crippen LogP contribution in [0.15, 0.2) is 0 Å². The molecule has 0 aliphatic rings. The largest absolute Gasteiger partial charge is 2.00 e. The van der Waals surface area contributed by atoms with Crippen LogP contribution >= 0.6 is 23.5 Å². The first-order valence-electron chi connectivity index (χ1n) is 2.28. The Kier molecular flexibility index (Phi) is 6.89. The van der Waals surface area contributed by atoms with Crippen molar-refractivity contribution in [2.24, 2.45) is 0 Å². The smallest absolute Gasteiger partial charge is 1.00 e. The fraction of sp³-hybridized carbons (Fsp3) is 0. The SMILES string of the molecule is O=P(O)(O)OP(=O)(O)OP(=O)(O)O.[H-].[H-].[Mg+2]. The van der Waals surface area contributed by atoms with Gasteiger partial charge in [0.15, 0.2) is 0 Å². The van der Waals surface area contributed by atoms with E-state index in [9.17, 15) is 13.7 Å². The summed E-state index contributed by atoms with van der Waals surface area (Å²) in [6, 6.07) is 0. The first-order valence-corrected chi connectivity index (χ1v) is 6.83. The van der Waals surface area contributed by atoms with E-state index in [-0.39, 0.29) is 25.9 Å². The van der Waals surface area contributed by atoms with Crippen LogP contribution in [0.4, 0.5) is 0 Å². The fourth-order valence-corrected chi connectivity index (χ4v) is 2.82. The van der Waals surface area contributed by atoms with Crippen LogP contribution in [0.5, 0.6) is 0 Å². The van der Waals surface area contributed by atoms with Gasteiger partial charge in [-0.25, -0.2) is 13.7 Å². The van der Waals surface area contributed by atoms with Gasteiger partial charge in [-0.1, -0.05) is 0 Å². The van der Waals surface area contributed by atoms with Gasteiger partial charge in [-0.2, -0.15) is 8.62 Å². The Bertz CT molecular complexity index is 286. The molecule has 0 unspecified atom stereocenters. The van der Waals surface area contributed by atoms with E-state index < -0.39 is 23.5 Å². The summed E-state index contributed by atoms with van der Waals surface area (Å²) in [6.45, 7) is 0. The van der Waals surface area contributed by atoms with Gasteiger partial charge in [-0.05, 0) is 0 Å². The normalized spacial score (nSPS) is 13.5. The van der Waals surface area contributed by atoms with Crippen molar-refractivity contribution < 1.29 is 49.6 Å². The van der Waals surface area contributed by atoms with Gasteiger partial charge in [0, 0.05) is 0 Å². The summed E-state index contributed by atoms with van der Waals surface area (Å²) in [7, 11) is -16.2. The maximum atomic E-state index is 10.4. The molecule has 0 atom stereocenters. The van der Waals surface area contributed by atoms with Crippen molar-refractivity contribution in [2.45, 2.75) is 0 Å². The molecule has 0 aromatic carbocycles. The van der Waals surface area contributed by atoms with Gasteiger partial charge >= 0.3 is 46.5 Å². The molecule has 5 N–H and O–H groups in total. The van der Waals surface area contributed by atoms with Crippen molar-refractivity contribution >= 4 is 46.5 Å². The van der Waals surface area contributed by atoms with E-state index in [0.29, 0.717) is 0 Å². The van der Waals surface area contributed by atoms with Crippen LogP contribution in [-0.4, -0.2) is 47.5 Å². The molecule has 0 aromatic rings. The summed E-state index contributed by atoms with van der Waals surface area (Å²) in [5.41, 5.74) is 0. The molecule has 0 rings (SSSR count). The number of rotatable bonds is 4. The summed E-state index contributed by atoms with van der Waals surface area (Å²) in [6.07, 6.45) is 0. The Balaban J connectivity index is -0.000000240. The monoisotopic (exact) mass is 284 g/mol. The molecular formula is H7MgO10P3. The number of hydrogen-bond acceptors (Lipinski definition) is 5. The van der Waals surface area contributed by atoms with Gasteiger partial charge in [-0.15, -0.1) is 0 Å². The van der Waals surface area contributed by atoms with Crippen LogP contribution in [0.2, 0.25) is 0 Å². The molecule has 0 aromatic heterocycles. The quantitative estimate of drug-likeness (QED) is 0.323. The van der Waals surface area contributed by atoms with Crippen LogP contribution in [0.1, 0.15) is 2.85 Å². The second-order valence-corrected chi connectivity index (χ2v) is 5.82. The summed E-state index contributed by atoms with van der Waals surface area (Å²) in [4.78, 5) is 40.2. The zero-order valence-electron chi connectivity index (χ0n) is 8.33. The van der Waals surface area contributed by atoms with Crippen molar-refractivity contribution in [1.29, 1.82) is 0 Å². The number of hydrogen-bond donors (Lipinski definition) is 5. The van der Waals surface area contributed by atoms with Crippen LogP contribution in [0, 0.1) is 0 Å². The zero-order chi connectivity index (χ0) is 10.9. The van der Waals surface area contributed by atoms with Crippen LogP contribution in [-0.2, 0) is 22.3 Å². The molecule has 0 bridgehead atoms. The maximum Gasteiger partial charge on any atom is 2.00 e. The summed E-state index contributed by atoms with van der Waals surface area (Å²) < 4.78 is 36.4. The predicted octanol–water partition coefficient (Wildman–Crippen LogP) is -0.850. The Labute approximate surface area is 96.5 Å². The minimum atomic E-state index is -5.46. The minimum absolute atomic E-state index is 0. The molecule has 0 saturated carbocycles. The molecule has 0 aliphatic heterocycles. The molecule has 0 radical (unpaired) electrons. The second-order valence-electron chi connectivity index (χ2n) is 1.61. The molecule has 0 fully saturated rings. The Hall–Kier alpha value is 1.18. The molecule has 84 valence electrons. The van der Waals surface area contributed by atoms with Crippen LogP contribution in [0.25, 0.3) is 0 Å². The molecule has 0 heterocycles. The zero-order valence-corrected chi connectivity index (χ0v) is 10.4. The van der Waals surface area contributed by atoms with E-state index in [1.807, 2.05) is 0 Å². The second kappa shape index (κ2) is 5.49. The molecule has 0 spiro atoms. The van der Waals surface area contributed by atoms with Gasteiger partial charge < -0.3 is 27.3 Å². The predicted molar refractivity (Wildman–Crippen MR) is 44.1 cm³/mol. The van der Waals surface area contributed by atoms with Crippen molar-refractivity contribution in [3.8, 4) is 0 Å². The van der Waals surface area contributed by atoms with Crippen molar-refractivity contribution in [1.82, 2.24) is 0 Å². The van der Waals surface area contributed by atoms with E-state index in [0.717, 1.165) is 0 Å². The van der Waals surface area contributed by atoms with Gasteiger partial charge in [0.1, 0.15) is 0 Å². The molecule has 0 saturated heterocycles. The van der Waals surface area contributed by atoms with Gasteiger partial charge in [0.05, 0.1) is 0 Å². The average Bonchev–Trinajstić information content (AvgIpc) is 1.43. The van der Waals surface area contributed by atoms with Crippen molar-refractivity contribution in [3.63, 3.8) is 0 Å². The Morgan fingerprint density at radius 1 is 0.786 bits per heavy atom. The molecule has 14 heavy (non-hydrogen) atoms. The first-order chi connectivity index (χ1) is 5.41. The van der Waals surface area contributed by atoms with E-state index in [1.54, 1.807) is 0 Å². The first kappa shape index (κ1) is 17.6. The summed E-state index contributed by atoms with van der Waals surface area (Å²) in [5.74, 6) is 0. The third kappa shape index (κ3) is 11.3. The third-order valence-electron chi connectivity index (χ3n) is 0.419. The van der Waals surface area contributed by atoms with Gasteiger partial charge in [0.25, 0.3) is 0 Å². The number of phosphoric acid groups is 3. The molecule has 14 heteroatoms. The molecule has 0 amide bonds. The average molecular weight is 284 g/mol. The Morgan fingerprint density at radius 2 is 1.00 bits per heavy atom. The van der Waals surface area contributed by atoms with Crippen LogP contribution in [0.3, 0.4) is 0 Å². The van der Waals surface area contributed by atoms with E-state index in [4.69, 9.17) is 24.5 Å². The minimum Gasteiger partial charge on any atom is -1.00 e. The standard InChI is InChI=1S/Mg.H5O10P3.2H/c;1-11(2,3)9-13(7,8)10-12(4,5)6;;/h;(H,7,8)(H2,1,2,3)(H2,4,5,6);;/q+2;;2*-1. The van der Waals surface area contributed by atoms with Crippen molar-refractivity contribution in [3.05, 3.63) is 0 Å². The van der Waals surface area contributed by atoms with E-state index in [2.05, 4.69) is 8.62 Å². The molecular weight excluding hydrogens is 277 g/mol. The topological polar surface area (TPSA) is 171 Å². The van der Waals surface area contributed by atoms with Gasteiger partial charge in [0.2, 0.25) is 0 Å². The van der Waals surface area contributed by atoms with Gasteiger partial charge in [-0.3, -0.25) is 0 Å². The molecule has 10 nitrogen and oxygen atoms in total. The third-order valence-corrected chi connectivity index (χ3v) is 3.77. The summed E-state index contributed by atoms with van der Waals surface area (Å²) in [5, 5.41) is 0. The fourth-order valence-electron chi connectivity index (χ4n) is 0.284. The van der Waals surface area contributed by atoms with E-state index >= 15 is 0 Å². The Morgan fingerprint density at radius 3 is 1.14 bits per heavy atom. The van der Waals surface area contributed by atoms with Crippen LogP contribution < -0.4 is 0 Å².